The monoisotopic (exact) mass is 142 g/mol. The van der Waals surface area contributed by atoms with Gasteiger partial charge >= 0.3 is 5.97 Å². The number of aliphatic hydroxyl groups is 1. The second-order valence-electron chi connectivity index (χ2n) is 2.41. The Kier molecular flexibility index (Phi) is 2.06. The third-order valence-corrected chi connectivity index (χ3v) is 1.79. The third kappa shape index (κ3) is 1.19. The Bertz CT molecular complexity index is 172. The molecule has 0 aromatic carbocycles. The predicted octanol–water partition coefficient (Wildman–Crippen LogP) is 0.400. The van der Waals surface area contributed by atoms with Crippen LogP contribution in [0.3, 0.4) is 0 Å². The molecule has 0 spiro atoms. The van der Waals surface area contributed by atoms with E-state index in [9.17, 15) is 4.79 Å². The van der Waals surface area contributed by atoms with Crippen LogP contribution in [0.4, 0.5) is 0 Å². The number of aliphatic hydroxyl groups excluding tert-OH is 1. The molecule has 1 rings (SSSR count). The highest BCUT2D eigenvalue weighted by Gasteiger charge is 2.24. The first-order valence-electron chi connectivity index (χ1n) is 3.28. The summed E-state index contributed by atoms with van der Waals surface area (Å²) < 4.78 is 0. The minimum Gasteiger partial charge on any atom is -0.481 e. The van der Waals surface area contributed by atoms with E-state index in [2.05, 4.69) is 0 Å². The van der Waals surface area contributed by atoms with E-state index in [1.807, 2.05) is 0 Å². The summed E-state index contributed by atoms with van der Waals surface area (Å²) in [6.07, 6.45) is 3.23. The highest BCUT2D eigenvalue weighted by atomic mass is 16.4. The number of aliphatic carboxylic acids is 1. The van der Waals surface area contributed by atoms with E-state index >= 15 is 0 Å². The molecule has 2 N–H and O–H groups in total. The van der Waals surface area contributed by atoms with Crippen LogP contribution in [0, 0.1) is 5.92 Å². The van der Waals surface area contributed by atoms with Crippen LogP contribution >= 0.6 is 0 Å². The number of allylic oxidation sites excluding steroid dienone is 1. The van der Waals surface area contributed by atoms with Crippen molar-refractivity contribution in [3.63, 3.8) is 0 Å². The summed E-state index contributed by atoms with van der Waals surface area (Å²) in [5.41, 5.74) is 0.660. The van der Waals surface area contributed by atoms with Crippen LogP contribution in [-0.4, -0.2) is 22.8 Å². The highest BCUT2D eigenvalue weighted by Crippen LogP contribution is 2.24. The maximum Gasteiger partial charge on any atom is 0.310 e. The van der Waals surface area contributed by atoms with Crippen LogP contribution in [0.25, 0.3) is 0 Å². The zero-order valence-corrected chi connectivity index (χ0v) is 5.58. The Morgan fingerprint density at radius 3 is 2.90 bits per heavy atom. The fourth-order valence-electron chi connectivity index (χ4n) is 1.22. The van der Waals surface area contributed by atoms with Gasteiger partial charge in [-0.05, 0) is 18.4 Å². The van der Waals surface area contributed by atoms with Crippen molar-refractivity contribution in [3.8, 4) is 0 Å². The second kappa shape index (κ2) is 2.84. The molecule has 10 heavy (non-hydrogen) atoms. The number of carboxylic acids is 1. The third-order valence-electron chi connectivity index (χ3n) is 1.79. The van der Waals surface area contributed by atoms with Crippen LogP contribution in [0.15, 0.2) is 11.6 Å². The molecule has 0 aliphatic heterocycles. The molecule has 0 heterocycles. The van der Waals surface area contributed by atoms with E-state index in [1.165, 1.54) is 0 Å². The molecule has 1 aliphatic rings. The normalized spacial score (nSPS) is 24.5. The Morgan fingerprint density at radius 1 is 1.80 bits per heavy atom. The van der Waals surface area contributed by atoms with Crippen molar-refractivity contribution in [1.82, 2.24) is 0 Å². The minimum absolute atomic E-state index is 0.114. The molecular formula is C7H10O3. The molecule has 3 heteroatoms. The number of hydrogen-bond acceptors (Lipinski definition) is 2. The van der Waals surface area contributed by atoms with Gasteiger partial charge in [-0.15, -0.1) is 0 Å². The van der Waals surface area contributed by atoms with Crippen LogP contribution in [0.5, 0.6) is 0 Å². The largest absolute Gasteiger partial charge is 0.481 e. The minimum atomic E-state index is -0.821. The predicted molar refractivity (Wildman–Crippen MR) is 35.5 cm³/mol. The molecule has 0 fully saturated rings. The van der Waals surface area contributed by atoms with E-state index in [-0.39, 0.29) is 6.61 Å². The average Bonchev–Trinajstić information content (AvgIpc) is 2.33. The van der Waals surface area contributed by atoms with Gasteiger partial charge in [0.15, 0.2) is 0 Å². The molecule has 3 nitrogen and oxygen atoms in total. The van der Waals surface area contributed by atoms with Crippen molar-refractivity contribution >= 4 is 5.97 Å². The molecule has 1 aliphatic carbocycles. The van der Waals surface area contributed by atoms with E-state index in [4.69, 9.17) is 10.2 Å². The molecule has 1 atom stereocenters. The summed E-state index contributed by atoms with van der Waals surface area (Å²) in [7, 11) is 0. The number of carbonyl (C=O) groups is 1. The fourth-order valence-corrected chi connectivity index (χ4v) is 1.22. The molecule has 0 radical (unpaired) electrons. The van der Waals surface area contributed by atoms with Crippen molar-refractivity contribution in [1.29, 1.82) is 0 Å². The first kappa shape index (κ1) is 7.28. The second-order valence-corrected chi connectivity index (χ2v) is 2.41. The standard InChI is InChI=1S/C7H10O3/c8-4-5-2-1-3-6(5)7(9)10/h2,6,8H,1,3-4H2,(H,9,10)/t6-/m1/s1. The van der Waals surface area contributed by atoms with Crippen LogP contribution < -0.4 is 0 Å². The lowest BCUT2D eigenvalue weighted by molar-refractivity contribution is -0.140. The fraction of sp³-hybridized carbons (Fsp3) is 0.571. The quantitative estimate of drug-likeness (QED) is 0.548. The summed E-state index contributed by atoms with van der Waals surface area (Å²) >= 11 is 0. The molecule has 0 bridgehead atoms. The highest BCUT2D eigenvalue weighted by molar-refractivity contribution is 5.74. The van der Waals surface area contributed by atoms with Crippen LogP contribution in [-0.2, 0) is 4.79 Å². The summed E-state index contributed by atoms with van der Waals surface area (Å²) in [6.45, 7) is -0.114. The summed E-state index contributed by atoms with van der Waals surface area (Å²) in [4.78, 5) is 10.4. The summed E-state index contributed by atoms with van der Waals surface area (Å²) in [5.74, 6) is -1.25. The van der Waals surface area contributed by atoms with Crippen molar-refractivity contribution < 1.29 is 15.0 Å². The van der Waals surface area contributed by atoms with Gasteiger partial charge in [-0.25, -0.2) is 0 Å². The molecule has 56 valence electrons. The Labute approximate surface area is 59.0 Å². The Morgan fingerprint density at radius 2 is 2.50 bits per heavy atom. The SMILES string of the molecule is O=C(O)[C@@H]1CCC=C1CO. The molecule has 0 saturated carbocycles. The zero-order chi connectivity index (χ0) is 7.56. The molecule has 0 aromatic heterocycles. The van der Waals surface area contributed by atoms with Gasteiger partial charge in [0.05, 0.1) is 12.5 Å². The van der Waals surface area contributed by atoms with Gasteiger partial charge in [-0.2, -0.15) is 0 Å². The first-order valence-corrected chi connectivity index (χ1v) is 3.28. The van der Waals surface area contributed by atoms with E-state index < -0.39 is 11.9 Å². The Balaban J connectivity index is 2.63. The van der Waals surface area contributed by atoms with Crippen LogP contribution in [0.1, 0.15) is 12.8 Å². The number of rotatable bonds is 2. The van der Waals surface area contributed by atoms with E-state index in [1.54, 1.807) is 6.08 Å². The lowest BCUT2D eigenvalue weighted by atomic mass is 10.0. The lowest BCUT2D eigenvalue weighted by Crippen LogP contribution is -2.14. The van der Waals surface area contributed by atoms with Gasteiger partial charge < -0.3 is 10.2 Å². The molecule has 0 saturated heterocycles. The van der Waals surface area contributed by atoms with Gasteiger partial charge in [0.25, 0.3) is 0 Å². The number of carboxylic acid groups (broad SMARTS) is 1. The molecule has 0 aromatic rings. The van der Waals surface area contributed by atoms with Crippen molar-refractivity contribution in [2.75, 3.05) is 6.61 Å². The van der Waals surface area contributed by atoms with E-state index in [0.29, 0.717) is 12.0 Å². The van der Waals surface area contributed by atoms with Crippen molar-refractivity contribution in [3.05, 3.63) is 11.6 Å². The topological polar surface area (TPSA) is 57.5 Å². The van der Waals surface area contributed by atoms with Gasteiger partial charge in [0.2, 0.25) is 0 Å². The Hall–Kier alpha value is -0.830. The smallest absolute Gasteiger partial charge is 0.310 e. The average molecular weight is 142 g/mol. The van der Waals surface area contributed by atoms with E-state index in [0.717, 1.165) is 6.42 Å². The van der Waals surface area contributed by atoms with Crippen molar-refractivity contribution in [2.24, 2.45) is 5.92 Å². The van der Waals surface area contributed by atoms with Crippen molar-refractivity contribution in [2.45, 2.75) is 12.8 Å². The van der Waals surface area contributed by atoms with Gasteiger partial charge in [-0.1, -0.05) is 6.08 Å². The number of hydrogen-bond donors (Lipinski definition) is 2. The zero-order valence-electron chi connectivity index (χ0n) is 5.58. The van der Waals surface area contributed by atoms with Crippen LogP contribution in [0.2, 0.25) is 0 Å². The maximum atomic E-state index is 10.4. The molecule has 0 amide bonds. The van der Waals surface area contributed by atoms with Gasteiger partial charge in [0, 0.05) is 0 Å². The van der Waals surface area contributed by atoms with Gasteiger partial charge in [-0.3, -0.25) is 4.79 Å². The summed E-state index contributed by atoms with van der Waals surface area (Å²) in [5, 5.41) is 17.2. The molecular weight excluding hydrogens is 132 g/mol. The molecule has 0 unspecified atom stereocenters. The maximum absolute atomic E-state index is 10.4. The summed E-state index contributed by atoms with van der Waals surface area (Å²) in [6, 6.07) is 0. The first-order chi connectivity index (χ1) is 4.75. The van der Waals surface area contributed by atoms with Gasteiger partial charge in [0.1, 0.15) is 0 Å². The lowest BCUT2D eigenvalue weighted by Gasteiger charge is -2.05.